The Labute approximate surface area is 138 Å². The number of carbonyl (C=O) groups is 2. The van der Waals surface area contributed by atoms with Crippen molar-refractivity contribution in [2.45, 2.75) is 33.7 Å². The van der Waals surface area contributed by atoms with Gasteiger partial charge < -0.3 is 16.4 Å². The normalized spacial score (nSPS) is 12.7. The van der Waals surface area contributed by atoms with E-state index in [1.165, 1.54) is 0 Å². The Morgan fingerprint density at radius 1 is 1.18 bits per heavy atom. The molecule has 5 nitrogen and oxygen atoms in total. The molecule has 22 heavy (non-hydrogen) atoms. The van der Waals surface area contributed by atoms with E-state index in [0.717, 1.165) is 17.7 Å². The summed E-state index contributed by atoms with van der Waals surface area (Å²) in [6.07, 6.45) is 0.804. The van der Waals surface area contributed by atoms with Gasteiger partial charge in [0.1, 0.15) is 0 Å². The average molecular weight is 328 g/mol. The van der Waals surface area contributed by atoms with Gasteiger partial charge in [-0.2, -0.15) is 0 Å². The fourth-order valence-corrected chi connectivity index (χ4v) is 1.68. The number of nitrogens with two attached hydrogens (primary N) is 1. The van der Waals surface area contributed by atoms with E-state index in [9.17, 15) is 9.59 Å². The zero-order valence-electron chi connectivity index (χ0n) is 13.4. The molecule has 0 fully saturated rings. The van der Waals surface area contributed by atoms with Crippen molar-refractivity contribution in [1.82, 2.24) is 5.32 Å². The van der Waals surface area contributed by atoms with Gasteiger partial charge in [0.15, 0.2) is 0 Å². The Morgan fingerprint density at radius 3 is 2.45 bits per heavy atom. The Morgan fingerprint density at radius 2 is 1.86 bits per heavy atom. The summed E-state index contributed by atoms with van der Waals surface area (Å²) in [4.78, 5) is 23.5. The average Bonchev–Trinajstić information content (AvgIpc) is 2.51. The molecule has 0 spiro atoms. The maximum absolute atomic E-state index is 11.9. The van der Waals surface area contributed by atoms with Crippen molar-refractivity contribution >= 4 is 29.9 Å². The first kappa shape index (κ1) is 20.4. The lowest BCUT2D eigenvalue weighted by molar-refractivity contribution is -0.124. The molecule has 1 aromatic rings. The van der Waals surface area contributed by atoms with Crippen LogP contribution in [-0.2, 0) is 16.1 Å². The predicted molar refractivity (Wildman–Crippen MR) is 91.8 cm³/mol. The van der Waals surface area contributed by atoms with Gasteiger partial charge in [-0.1, -0.05) is 32.9 Å². The maximum Gasteiger partial charge on any atom is 0.227 e. The fourth-order valence-electron chi connectivity index (χ4n) is 1.68. The van der Waals surface area contributed by atoms with Crippen LogP contribution in [0.25, 0.3) is 0 Å². The van der Waals surface area contributed by atoms with Gasteiger partial charge in [-0.05, 0) is 24.1 Å². The van der Waals surface area contributed by atoms with Gasteiger partial charge in [-0.3, -0.25) is 9.59 Å². The van der Waals surface area contributed by atoms with Crippen molar-refractivity contribution in [2.75, 3.05) is 11.9 Å². The number of benzene rings is 1. The Bertz CT molecular complexity index is 494. The molecular weight excluding hydrogens is 302 g/mol. The first-order valence-electron chi connectivity index (χ1n) is 7.35. The minimum Gasteiger partial charge on any atom is -0.352 e. The molecule has 124 valence electrons. The summed E-state index contributed by atoms with van der Waals surface area (Å²) in [5.41, 5.74) is 7.14. The van der Waals surface area contributed by atoms with Crippen LogP contribution in [-0.4, -0.2) is 18.4 Å². The van der Waals surface area contributed by atoms with Gasteiger partial charge >= 0.3 is 0 Å². The summed E-state index contributed by atoms with van der Waals surface area (Å²) in [5, 5.41) is 5.72. The molecule has 0 bridgehead atoms. The quantitative estimate of drug-likeness (QED) is 0.718. The first-order chi connectivity index (χ1) is 9.97. The molecule has 1 aromatic carbocycles. The molecule has 2 amide bonds. The molecule has 0 aliphatic heterocycles. The first-order valence-corrected chi connectivity index (χ1v) is 7.35. The van der Waals surface area contributed by atoms with Gasteiger partial charge in [0.05, 0.1) is 0 Å². The molecule has 0 radical (unpaired) electrons. The zero-order chi connectivity index (χ0) is 15.8. The smallest absolute Gasteiger partial charge is 0.227 e. The summed E-state index contributed by atoms with van der Waals surface area (Å²) in [6, 6.07) is 7.48. The Kier molecular flexibility index (Phi) is 9.45. The minimum absolute atomic E-state index is 0. The molecule has 2 atom stereocenters. The summed E-state index contributed by atoms with van der Waals surface area (Å²) in [7, 11) is 0. The minimum atomic E-state index is -0.196. The van der Waals surface area contributed by atoms with Gasteiger partial charge in [0.2, 0.25) is 11.8 Å². The topological polar surface area (TPSA) is 84.2 Å². The van der Waals surface area contributed by atoms with Gasteiger partial charge in [0.25, 0.3) is 0 Å². The largest absolute Gasteiger partial charge is 0.352 e. The summed E-state index contributed by atoms with van der Waals surface area (Å²) in [6.45, 7) is 6.42. The van der Waals surface area contributed by atoms with Crippen LogP contribution in [0.1, 0.15) is 32.8 Å². The van der Waals surface area contributed by atoms with E-state index in [0.29, 0.717) is 13.1 Å². The number of nitrogens with one attached hydrogen (secondary N) is 2. The lowest BCUT2D eigenvalue weighted by Gasteiger charge is -2.12. The summed E-state index contributed by atoms with van der Waals surface area (Å²) < 4.78 is 0. The molecule has 6 heteroatoms. The molecule has 2 unspecified atom stereocenters. The number of hydrogen-bond acceptors (Lipinski definition) is 3. The number of anilines is 1. The van der Waals surface area contributed by atoms with Crippen molar-refractivity contribution in [3.05, 3.63) is 29.8 Å². The molecule has 0 saturated heterocycles. The third-order valence-corrected chi connectivity index (χ3v) is 3.52. The molecular formula is C16H26ClN3O2. The second-order valence-corrected chi connectivity index (χ2v) is 5.35. The van der Waals surface area contributed by atoms with E-state index in [1.807, 2.05) is 38.1 Å². The highest BCUT2D eigenvalue weighted by Crippen LogP contribution is 2.13. The van der Waals surface area contributed by atoms with Crippen molar-refractivity contribution in [1.29, 1.82) is 0 Å². The zero-order valence-corrected chi connectivity index (χ0v) is 14.2. The Balaban J connectivity index is 0.00000441. The molecule has 0 heterocycles. The van der Waals surface area contributed by atoms with Crippen molar-refractivity contribution in [2.24, 2.45) is 17.6 Å². The highest BCUT2D eigenvalue weighted by Gasteiger charge is 2.12. The standard InChI is InChI=1S/C16H25N3O2.ClH/c1-4-11(2)16(21)19-14-7-5-6-13(8-14)10-18-15(20)12(3)9-17;/h5-8,11-12H,4,9-10,17H2,1-3H3,(H,18,20)(H,19,21);1H. The van der Waals surface area contributed by atoms with E-state index in [-0.39, 0.29) is 36.1 Å². The molecule has 4 N–H and O–H groups in total. The fraction of sp³-hybridized carbons (Fsp3) is 0.500. The van der Waals surface area contributed by atoms with Crippen LogP contribution in [0.4, 0.5) is 5.69 Å². The lowest BCUT2D eigenvalue weighted by Crippen LogP contribution is -2.32. The summed E-state index contributed by atoms with van der Waals surface area (Å²) >= 11 is 0. The molecule has 0 aliphatic carbocycles. The molecule has 1 rings (SSSR count). The van der Waals surface area contributed by atoms with Crippen LogP contribution >= 0.6 is 12.4 Å². The number of halogens is 1. The van der Waals surface area contributed by atoms with E-state index in [1.54, 1.807) is 6.92 Å². The lowest BCUT2D eigenvalue weighted by atomic mass is 10.1. The molecule has 0 saturated carbocycles. The number of hydrogen-bond donors (Lipinski definition) is 3. The summed E-state index contributed by atoms with van der Waals surface area (Å²) in [5.74, 6) is -0.265. The SMILES string of the molecule is CCC(C)C(=O)Nc1cccc(CNC(=O)C(C)CN)c1.Cl. The van der Waals surface area contributed by atoms with E-state index >= 15 is 0 Å². The third-order valence-electron chi connectivity index (χ3n) is 3.52. The molecule has 0 aromatic heterocycles. The van der Waals surface area contributed by atoms with Crippen LogP contribution in [0.3, 0.4) is 0 Å². The van der Waals surface area contributed by atoms with Crippen LogP contribution in [0.2, 0.25) is 0 Å². The monoisotopic (exact) mass is 327 g/mol. The van der Waals surface area contributed by atoms with E-state index in [2.05, 4.69) is 10.6 Å². The predicted octanol–water partition coefficient (Wildman–Crippen LogP) is 2.30. The number of amides is 2. The van der Waals surface area contributed by atoms with Gasteiger partial charge in [-0.15, -0.1) is 12.4 Å². The second kappa shape index (κ2) is 10.2. The highest BCUT2D eigenvalue weighted by atomic mass is 35.5. The molecule has 0 aliphatic rings. The highest BCUT2D eigenvalue weighted by molar-refractivity contribution is 5.92. The van der Waals surface area contributed by atoms with Gasteiger partial charge in [0, 0.05) is 30.6 Å². The van der Waals surface area contributed by atoms with Crippen molar-refractivity contribution < 1.29 is 9.59 Å². The van der Waals surface area contributed by atoms with E-state index in [4.69, 9.17) is 5.73 Å². The third kappa shape index (κ3) is 6.45. The van der Waals surface area contributed by atoms with Gasteiger partial charge in [-0.25, -0.2) is 0 Å². The van der Waals surface area contributed by atoms with Crippen molar-refractivity contribution in [3.63, 3.8) is 0 Å². The van der Waals surface area contributed by atoms with Crippen LogP contribution < -0.4 is 16.4 Å². The van der Waals surface area contributed by atoms with E-state index < -0.39 is 0 Å². The number of carbonyl (C=O) groups excluding carboxylic acids is 2. The van der Waals surface area contributed by atoms with Crippen LogP contribution in [0, 0.1) is 11.8 Å². The Hall–Kier alpha value is -1.59. The number of rotatable bonds is 7. The van der Waals surface area contributed by atoms with Crippen LogP contribution in [0.5, 0.6) is 0 Å². The second-order valence-electron chi connectivity index (χ2n) is 5.35. The maximum atomic E-state index is 11.9. The van der Waals surface area contributed by atoms with Crippen LogP contribution in [0.15, 0.2) is 24.3 Å². The van der Waals surface area contributed by atoms with Crippen molar-refractivity contribution in [3.8, 4) is 0 Å².